The summed E-state index contributed by atoms with van der Waals surface area (Å²) in [4.78, 5) is 28.2. The maximum absolute atomic E-state index is 13.1. The van der Waals surface area contributed by atoms with Crippen LogP contribution in [-0.4, -0.2) is 68.5 Å². The molecule has 0 spiro atoms. The van der Waals surface area contributed by atoms with Crippen molar-refractivity contribution in [2.24, 2.45) is 0 Å². The van der Waals surface area contributed by atoms with Gasteiger partial charge in [0.1, 0.15) is 5.75 Å². The first-order valence-electron chi connectivity index (χ1n) is 10.3. The molecule has 1 aliphatic heterocycles. The predicted octanol–water partition coefficient (Wildman–Crippen LogP) is 2.65. The Balaban J connectivity index is 1.55. The van der Waals surface area contributed by atoms with E-state index in [0.717, 1.165) is 6.07 Å². The summed E-state index contributed by atoms with van der Waals surface area (Å²) >= 11 is 0. The van der Waals surface area contributed by atoms with E-state index in [1.807, 2.05) is 0 Å². The lowest BCUT2D eigenvalue weighted by Crippen LogP contribution is -2.40. The van der Waals surface area contributed by atoms with Crippen LogP contribution in [-0.2, 0) is 25.6 Å². The number of halogens is 3. The van der Waals surface area contributed by atoms with Crippen LogP contribution in [0.25, 0.3) is 0 Å². The molecule has 1 saturated heterocycles. The molecule has 1 N–H and O–H groups in total. The van der Waals surface area contributed by atoms with E-state index >= 15 is 0 Å². The number of nitrogens with zero attached hydrogens (tertiary/aromatic N) is 2. The molecular formula is C22H24F3N3O4S. The van der Waals surface area contributed by atoms with Gasteiger partial charge in [-0.2, -0.15) is 13.2 Å². The summed E-state index contributed by atoms with van der Waals surface area (Å²) in [5.74, 6) is -1.77. The van der Waals surface area contributed by atoms with E-state index in [2.05, 4.69) is 5.32 Å². The molecule has 33 heavy (non-hydrogen) atoms. The first-order chi connectivity index (χ1) is 15.6. The van der Waals surface area contributed by atoms with Crippen molar-refractivity contribution >= 4 is 27.3 Å². The van der Waals surface area contributed by atoms with Gasteiger partial charge in [-0.3, -0.25) is 14.5 Å². The summed E-state index contributed by atoms with van der Waals surface area (Å²) in [6.07, 6.45) is -4.09. The van der Waals surface area contributed by atoms with Crippen LogP contribution in [0, 0.1) is 0 Å². The van der Waals surface area contributed by atoms with Gasteiger partial charge in [0.15, 0.2) is 9.84 Å². The number of carbonyl (C=O) groups is 2. The van der Waals surface area contributed by atoms with Gasteiger partial charge in [0.25, 0.3) is 0 Å². The largest absolute Gasteiger partial charge is 0.418 e. The molecule has 1 aliphatic rings. The van der Waals surface area contributed by atoms with Crippen molar-refractivity contribution in [3.8, 4) is 0 Å². The molecule has 0 unspecified atom stereocenters. The number of sulfone groups is 1. The van der Waals surface area contributed by atoms with Gasteiger partial charge >= 0.3 is 6.18 Å². The van der Waals surface area contributed by atoms with E-state index < -0.39 is 39.1 Å². The van der Waals surface area contributed by atoms with Gasteiger partial charge in [-0.05, 0) is 30.7 Å². The Hall–Kier alpha value is -2.92. The Labute approximate surface area is 190 Å². The first kappa shape index (κ1) is 24.7. The first-order valence-corrected chi connectivity index (χ1v) is 12.0. The Morgan fingerprint density at radius 2 is 1.58 bits per heavy atom. The molecule has 2 aromatic rings. The second-order valence-corrected chi connectivity index (χ2v) is 9.66. The van der Waals surface area contributed by atoms with Crippen molar-refractivity contribution in [3.05, 3.63) is 60.2 Å². The number of benzene rings is 2. The number of anilines is 1. The molecule has 0 atom stereocenters. The van der Waals surface area contributed by atoms with E-state index in [1.165, 1.54) is 35.2 Å². The predicted molar refractivity (Wildman–Crippen MR) is 116 cm³/mol. The third kappa shape index (κ3) is 6.78. The number of alkyl halides is 3. The summed E-state index contributed by atoms with van der Waals surface area (Å²) in [5.41, 5.74) is -1.24. The average Bonchev–Trinajstić information content (AvgIpc) is 2.99. The maximum Gasteiger partial charge on any atom is 0.418 e. The molecule has 1 heterocycles. The van der Waals surface area contributed by atoms with Gasteiger partial charge < -0.3 is 10.2 Å². The molecule has 0 radical (unpaired) electrons. The van der Waals surface area contributed by atoms with Crippen LogP contribution in [0.15, 0.2) is 59.5 Å². The second kappa shape index (κ2) is 10.3. The zero-order chi connectivity index (χ0) is 24.1. The lowest BCUT2D eigenvalue weighted by atomic mass is 10.1. The molecule has 2 amide bonds. The minimum atomic E-state index is -4.59. The molecule has 3 rings (SSSR count). The quantitative estimate of drug-likeness (QED) is 0.683. The average molecular weight is 484 g/mol. The molecule has 0 aliphatic carbocycles. The van der Waals surface area contributed by atoms with Crippen LogP contribution < -0.4 is 5.32 Å². The number of hydrogen-bond acceptors (Lipinski definition) is 5. The minimum Gasteiger partial charge on any atom is -0.340 e. The molecule has 0 aromatic heterocycles. The van der Waals surface area contributed by atoms with Gasteiger partial charge in [-0.1, -0.05) is 30.3 Å². The fraction of sp³-hybridized carbons (Fsp3) is 0.364. The van der Waals surface area contributed by atoms with Crippen molar-refractivity contribution < 1.29 is 31.2 Å². The van der Waals surface area contributed by atoms with E-state index in [0.29, 0.717) is 26.1 Å². The smallest absolute Gasteiger partial charge is 0.340 e. The topological polar surface area (TPSA) is 86.8 Å². The van der Waals surface area contributed by atoms with E-state index in [1.54, 1.807) is 23.1 Å². The second-order valence-electron chi connectivity index (χ2n) is 7.67. The zero-order valence-corrected chi connectivity index (χ0v) is 18.5. The fourth-order valence-corrected chi connectivity index (χ4v) is 4.82. The lowest BCUT2D eigenvalue weighted by Gasteiger charge is -2.22. The minimum absolute atomic E-state index is 0.0746. The van der Waals surface area contributed by atoms with Gasteiger partial charge in [-0.15, -0.1) is 0 Å². The number of hydrogen-bond donors (Lipinski definition) is 1. The van der Waals surface area contributed by atoms with Gasteiger partial charge in [0.2, 0.25) is 11.8 Å². The van der Waals surface area contributed by atoms with Crippen molar-refractivity contribution in [2.75, 3.05) is 43.8 Å². The molecule has 0 bridgehead atoms. The van der Waals surface area contributed by atoms with Crippen LogP contribution in [0.3, 0.4) is 0 Å². The lowest BCUT2D eigenvalue weighted by molar-refractivity contribution is -0.137. The number of rotatable bonds is 6. The van der Waals surface area contributed by atoms with E-state index in [4.69, 9.17) is 0 Å². The SMILES string of the molecule is O=C(CN1CCCN(C(=O)CS(=O)(=O)c2ccccc2)CC1)Nc1ccccc1C(F)(F)F. The molecule has 0 saturated carbocycles. The molecular weight excluding hydrogens is 459 g/mol. The summed E-state index contributed by atoms with van der Waals surface area (Å²) in [7, 11) is -3.76. The van der Waals surface area contributed by atoms with Gasteiger partial charge in [0.05, 0.1) is 22.7 Å². The van der Waals surface area contributed by atoms with E-state index in [9.17, 15) is 31.2 Å². The number of amides is 2. The Morgan fingerprint density at radius 1 is 0.909 bits per heavy atom. The highest BCUT2D eigenvalue weighted by molar-refractivity contribution is 7.92. The maximum atomic E-state index is 13.1. The fourth-order valence-electron chi connectivity index (χ4n) is 3.58. The van der Waals surface area contributed by atoms with Crippen LogP contribution in [0.4, 0.5) is 18.9 Å². The van der Waals surface area contributed by atoms with Crippen molar-refractivity contribution in [2.45, 2.75) is 17.5 Å². The molecule has 2 aromatic carbocycles. The molecule has 7 nitrogen and oxygen atoms in total. The van der Waals surface area contributed by atoms with Crippen LogP contribution in [0.2, 0.25) is 0 Å². The normalized spacial score (nSPS) is 15.7. The Bertz CT molecular complexity index is 1090. The van der Waals surface area contributed by atoms with Crippen LogP contribution in [0.1, 0.15) is 12.0 Å². The summed E-state index contributed by atoms with van der Waals surface area (Å²) in [6, 6.07) is 12.5. The highest BCUT2D eigenvalue weighted by Crippen LogP contribution is 2.34. The monoisotopic (exact) mass is 483 g/mol. The third-order valence-electron chi connectivity index (χ3n) is 5.23. The van der Waals surface area contributed by atoms with Crippen molar-refractivity contribution in [1.82, 2.24) is 9.80 Å². The highest BCUT2D eigenvalue weighted by Gasteiger charge is 2.33. The number of carbonyl (C=O) groups excluding carboxylic acids is 2. The summed E-state index contributed by atoms with van der Waals surface area (Å²) < 4.78 is 64.3. The van der Waals surface area contributed by atoms with Gasteiger partial charge in [0, 0.05) is 26.2 Å². The summed E-state index contributed by atoms with van der Waals surface area (Å²) in [5, 5.41) is 2.31. The standard InChI is InChI=1S/C22H24F3N3O4S/c23-22(24,25)18-9-4-5-10-19(18)26-20(29)15-27-11-6-12-28(14-13-27)21(30)16-33(31,32)17-7-2-1-3-8-17/h1-5,7-10H,6,11-16H2,(H,26,29). The number of nitrogens with one attached hydrogen (secondary N) is 1. The highest BCUT2D eigenvalue weighted by atomic mass is 32.2. The van der Waals surface area contributed by atoms with E-state index in [-0.39, 0.29) is 23.7 Å². The van der Waals surface area contributed by atoms with Gasteiger partial charge in [-0.25, -0.2) is 8.42 Å². The summed E-state index contributed by atoms with van der Waals surface area (Å²) in [6.45, 7) is 1.15. The molecule has 11 heteroatoms. The Kier molecular flexibility index (Phi) is 7.75. The molecule has 178 valence electrons. The van der Waals surface area contributed by atoms with Crippen LogP contribution >= 0.6 is 0 Å². The Morgan fingerprint density at radius 3 is 2.27 bits per heavy atom. The van der Waals surface area contributed by atoms with Crippen molar-refractivity contribution in [1.29, 1.82) is 0 Å². The third-order valence-corrected chi connectivity index (χ3v) is 6.85. The van der Waals surface area contributed by atoms with Crippen LogP contribution in [0.5, 0.6) is 0 Å². The zero-order valence-electron chi connectivity index (χ0n) is 17.7. The molecule has 1 fully saturated rings. The number of para-hydroxylation sites is 1. The van der Waals surface area contributed by atoms with Crippen molar-refractivity contribution in [3.63, 3.8) is 0 Å².